The first-order valence-corrected chi connectivity index (χ1v) is 11.5. The second kappa shape index (κ2) is 37.6. The van der Waals surface area contributed by atoms with E-state index in [0.717, 1.165) is 6.42 Å². The normalized spacial score (nSPS) is 9.10. The molecule has 29 heavy (non-hydrogen) atoms. The third-order valence-electron chi connectivity index (χ3n) is 3.45. The van der Waals surface area contributed by atoms with E-state index in [4.69, 9.17) is 14.9 Å². The highest BCUT2D eigenvalue weighted by Gasteiger charge is 2.04. The lowest BCUT2D eigenvalue weighted by atomic mass is 10.1. The molecular formula is C25H52O4. The van der Waals surface area contributed by atoms with E-state index >= 15 is 0 Å². The van der Waals surface area contributed by atoms with Gasteiger partial charge in [0, 0.05) is 6.42 Å². The second-order valence-electron chi connectivity index (χ2n) is 7.09. The maximum atomic E-state index is 11.3. The van der Waals surface area contributed by atoms with Crippen LogP contribution >= 0.6 is 0 Å². The van der Waals surface area contributed by atoms with Crippen molar-refractivity contribution < 1.29 is 19.7 Å². The smallest absolute Gasteiger partial charge is 0.306 e. The molecule has 0 radical (unpaired) electrons. The minimum Gasteiger partial charge on any atom is -0.463 e. The predicted octanol–water partition coefficient (Wildman–Crippen LogP) is 6.99. The van der Waals surface area contributed by atoms with E-state index in [1.807, 2.05) is 27.7 Å². The molecule has 4 heteroatoms. The lowest BCUT2D eigenvalue weighted by Gasteiger charge is -2.07. The summed E-state index contributed by atoms with van der Waals surface area (Å²) in [5, 5.41) is 15.2. The number of aliphatic hydroxyl groups is 2. The highest BCUT2D eigenvalue weighted by Crippen LogP contribution is 2.12. The van der Waals surface area contributed by atoms with Gasteiger partial charge in [-0.15, -0.1) is 13.2 Å². The average molecular weight is 417 g/mol. The van der Waals surface area contributed by atoms with Crippen LogP contribution in [-0.2, 0) is 9.53 Å². The monoisotopic (exact) mass is 416 g/mol. The van der Waals surface area contributed by atoms with Gasteiger partial charge in [0.2, 0.25) is 0 Å². The van der Waals surface area contributed by atoms with Gasteiger partial charge < -0.3 is 14.9 Å². The molecule has 0 aromatic carbocycles. The highest BCUT2D eigenvalue weighted by atomic mass is 16.5. The number of rotatable bonds is 14. The molecule has 0 aromatic rings. The van der Waals surface area contributed by atoms with Crippen LogP contribution < -0.4 is 0 Å². The lowest BCUT2D eigenvalue weighted by molar-refractivity contribution is -0.147. The number of esters is 1. The summed E-state index contributed by atoms with van der Waals surface area (Å²) < 4.78 is 5.10. The van der Waals surface area contributed by atoms with E-state index in [1.165, 1.54) is 64.2 Å². The first kappa shape index (κ1) is 35.3. The molecule has 0 rings (SSSR count). The van der Waals surface area contributed by atoms with Crippen molar-refractivity contribution in [3.63, 3.8) is 0 Å². The van der Waals surface area contributed by atoms with Crippen molar-refractivity contribution in [3.05, 3.63) is 25.3 Å². The molecule has 0 aromatic heterocycles. The molecule has 0 aliphatic carbocycles. The van der Waals surface area contributed by atoms with Crippen molar-refractivity contribution in [3.8, 4) is 0 Å². The third-order valence-corrected chi connectivity index (χ3v) is 3.45. The Bertz CT molecular complexity index is 293. The van der Waals surface area contributed by atoms with Crippen LogP contribution in [-0.4, -0.2) is 35.5 Å². The Morgan fingerprint density at radius 3 is 1.38 bits per heavy atom. The molecule has 0 spiro atoms. The van der Waals surface area contributed by atoms with Gasteiger partial charge in [-0.3, -0.25) is 4.79 Å². The number of allylic oxidation sites excluding steroid dienone is 2. The fraction of sp³-hybridized carbons (Fsp3) is 0.800. The van der Waals surface area contributed by atoms with Crippen molar-refractivity contribution in [1.82, 2.24) is 0 Å². The van der Waals surface area contributed by atoms with Crippen LogP contribution in [0, 0.1) is 0 Å². The summed E-state index contributed by atoms with van der Waals surface area (Å²) in [6.07, 6.45) is 18.6. The van der Waals surface area contributed by atoms with Gasteiger partial charge in [-0.2, -0.15) is 0 Å². The van der Waals surface area contributed by atoms with Crippen LogP contribution in [0.4, 0.5) is 0 Å². The van der Waals surface area contributed by atoms with Crippen LogP contribution in [0.1, 0.15) is 112 Å². The van der Waals surface area contributed by atoms with Crippen molar-refractivity contribution in [2.24, 2.45) is 0 Å². The van der Waals surface area contributed by atoms with Gasteiger partial charge in [-0.1, -0.05) is 83.3 Å². The summed E-state index contributed by atoms with van der Waals surface area (Å²) in [6, 6.07) is 0. The summed E-state index contributed by atoms with van der Waals surface area (Å²) >= 11 is 0. The molecule has 4 nitrogen and oxygen atoms in total. The molecule has 0 fully saturated rings. The molecule has 0 unspecified atom stereocenters. The Labute approximate surface area is 182 Å². The second-order valence-corrected chi connectivity index (χ2v) is 7.09. The van der Waals surface area contributed by atoms with Crippen LogP contribution in [0.3, 0.4) is 0 Å². The van der Waals surface area contributed by atoms with E-state index < -0.39 is 0 Å². The number of carbonyl (C=O) groups is 1. The molecule has 0 saturated heterocycles. The molecule has 0 aliphatic heterocycles. The zero-order chi connectivity index (χ0) is 23.2. The molecular weight excluding hydrogens is 364 g/mol. The molecule has 176 valence electrons. The minimum absolute atomic E-state index is 0.0280. The fourth-order valence-electron chi connectivity index (χ4n) is 2.26. The van der Waals surface area contributed by atoms with Gasteiger partial charge in [0.25, 0.3) is 0 Å². The van der Waals surface area contributed by atoms with E-state index in [-0.39, 0.29) is 25.3 Å². The first-order chi connectivity index (χ1) is 13.9. The van der Waals surface area contributed by atoms with Crippen molar-refractivity contribution in [2.75, 3.05) is 13.2 Å². The van der Waals surface area contributed by atoms with Gasteiger partial charge in [-0.05, 0) is 34.1 Å². The molecule has 0 saturated carbocycles. The fourth-order valence-corrected chi connectivity index (χ4v) is 2.26. The average Bonchev–Trinajstić information content (AvgIpc) is 2.67. The van der Waals surface area contributed by atoms with E-state index in [0.29, 0.717) is 6.42 Å². The SMILES string of the molecule is C=CC.C=CC.CCCCCCCCCCCCCC(=O)OC(C)C.OCCO. The Morgan fingerprint density at radius 2 is 1.10 bits per heavy atom. The van der Waals surface area contributed by atoms with Gasteiger partial charge >= 0.3 is 5.97 Å². The van der Waals surface area contributed by atoms with Crippen molar-refractivity contribution >= 4 is 5.97 Å². The predicted molar refractivity (Wildman–Crippen MR) is 128 cm³/mol. The number of carbonyl (C=O) groups excluding carboxylic acids is 1. The summed E-state index contributed by atoms with van der Waals surface area (Å²) in [7, 11) is 0. The van der Waals surface area contributed by atoms with Gasteiger partial charge in [-0.25, -0.2) is 0 Å². The van der Waals surface area contributed by atoms with Crippen LogP contribution in [0.25, 0.3) is 0 Å². The number of hydrogen-bond acceptors (Lipinski definition) is 4. The molecule has 2 N–H and O–H groups in total. The van der Waals surface area contributed by atoms with E-state index in [2.05, 4.69) is 20.1 Å². The summed E-state index contributed by atoms with van der Waals surface area (Å²) in [4.78, 5) is 11.3. The minimum atomic E-state index is -0.125. The largest absolute Gasteiger partial charge is 0.463 e. The topological polar surface area (TPSA) is 66.8 Å². The standard InChI is InChI=1S/C17H34O2.2C3H6.C2H6O2/c1-4-5-6-7-8-9-10-11-12-13-14-15-17(18)19-16(2)3;2*1-3-2;3-1-2-4/h16H,4-15H2,1-3H3;2*3H,1H2,2H3;3-4H,1-2H2. The zero-order valence-electron chi connectivity index (χ0n) is 20.3. The van der Waals surface area contributed by atoms with Gasteiger partial charge in [0.15, 0.2) is 0 Å². The quantitative estimate of drug-likeness (QED) is 0.182. The molecule has 0 atom stereocenters. The third kappa shape index (κ3) is 58.4. The summed E-state index contributed by atoms with van der Waals surface area (Å²) in [5.74, 6) is -0.0362. The number of hydrogen-bond donors (Lipinski definition) is 2. The number of aliphatic hydroxyl groups excluding tert-OH is 2. The molecule has 0 amide bonds. The number of ether oxygens (including phenoxy) is 1. The number of unbranched alkanes of at least 4 members (excludes halogenated alkanes) is 10. The Balaban J connectivity index is -0.000000259. The summed E-state index contributed by atoms with van der Waals surface area (Å²) in [5.41, 5.74) is 0. The maximum Gasteiger partial charge on any atom is 0.306 e. The van der Waals surface area contributed by atoms with Crippen LogP contribution in [0.15, 0.2) is 25.3 Å². The van der Waals surface area contributed by atoms with Crippen LogP contribution in [0.2, 0.25) is 0 Å². The van der Waals surface area contributed by atoms with Crippen molar-refractivity contribution in [1.29, 1.82) is 0 Å². The Kier molecular flexibility index (Phi) is 45.8. The van der Waals surface area contributed by atoms with Gasteiger partial charge in [0.05, 0.1) is 19.3 Å². The Hall–Kier alpha value is -1.13. The van der Waals surface area contributed by atoms with Crippen molar-refractivity contribution in [2.45, 2.75) is 118 Å². The molecule has 0 heterocycles. The highest BCUT2D eigenvalue weighted by molar-refractivity contribution is 5.69. The maximum absolute atomic E-state index is 11.3. The molecule has 0 aliphatic rings. The van der Waals surface area contributed by atoms with Gasteiger partial charge in [0.1, 0.15) is 0 Å². The molecule has 0 bridgehead atoms. The first-order valence-electron chi connectivity index (χ1n) is 11.5. The van der Waals surface area contributed by atoms with E-state index in [9.17, 15) is 4.79 Å². The van der Waals surface area contributed by atoms with Crippen LogP contribution in [0.5, 0.6) is 0 Å². The lowest BCUT2D eigenvalue weighted by Crippen LogP contribution is -2.10. The zero-order valence-corrected chi connectivity index (χ0v) is 20.3. The Morgan fingerprint density at radius 1 is 0.793 bits per heavy atom. The summed E-state index contributed by atoms with van der Waals surface area (Å²) in [6.45, 7) is 16.3. The van der Waals surface area contributed by atoms with E-state index in [1.54, 1.807) is 12.2 Å².